The van der Waals surface area contributed by atoms with Crippen LogP contribution < -0.4 is 10.1 Å². The fraction of sp³-hybridized carbons (Fsp3) is 0.412. The van der Waals surface area contributed by atoms with E-state index in [9.17, 15) is 5.11 Å². The van der Waals surface area contributed by atoms with E-state index in [1.807, 2.05) is 30.3 Å². The Hall–Kier alpha value is -1.58. The molecule has 0 fully saturated rings. The summed E-state index contributed by atoms with van der Waals surface area (Å²) in [5.74, 6) is 1.38. The van der Waals surface area contributed by atoms with Crippen LogP contribution in [0.2, 0.25) is 0 Å². The minimum absolute atomic E-state index is 0.309. The SMILES string of the molecule is CC(C)CNC[C@@H](O)COc1ccc2ccccc2c1. The van der Waals surface area contributed by atoms with Gasteiger partial charge in [-0.25, -0.2) is 0 Å². The minimum Gasteiger partial charge on any atom is -0.491 e. The molecule has 2 aromatic rings. The van der Waals surface area contributed by atoms with Gasteiger partial charge in [-0.2, -0.15) is 0 Å². The third kappa shape index (κ3) is 4.51. The predicted octanol–water partition coefficient (Wildman–Crippen LogP) is 2.83. The van der Waals surface area contributed by atoms with E-state index < -0.39 is 6.10 Å². The Labute approximate surface area is 120 Å². The van der Waals surface area contributed by atoms with Crippen molar-refractivity contribution in [1.82, 2.24) is 5.32 Å². The molecule has 20 heavy (non-hydrogen) atoms. The number of benzene rings is 2. The van der Waals surface area contributed by atoms with E-state index in [1.165, 1.54) is 5.39 Å². The first-order valence-corrected chi connectivity index (χ1v) is 7.15. The smallest absolute Gasteiger partial charge is 0.120 e. The Morgan fingerprint density at radius 2 is 1.80 bits per heavy atom. The molecule has 2 rings (SSSR count). The van der Waals surface area contributed by atoms with Crippen LogP contribution in [0.15, 0.2) is 42.5 Å². The zero-order valence-electron chi connectivity index (χ0n) is 12.2. The number of ether oxygens (including phenoxy) is 1. The Kier molecular flexibility index (Phi) is 5.39. The lowest BCUT2D eigenvalue weighted by Gasteiger charge is -2.14. The minimum atomic E-state index is -0.486. The normalized spacial score (nSPS) is 12.8. The van der Waals surface area contributed by atoms with Crippen molar-refractivity contribution in [3.8, 4) is 5.75 Å². The standard InChI is InChI=1S/C17H23NO2/c1-13(2)10-18-11-16(19)12-20-17-8-7-14-5-3-4-6-15(14)9-17/h3-9,13,16,18-19H,10-12H2,1-2H3/t16-/m1/s1. The number of aliphatic hydroxyl groups excluding tert-OH is 1. The Morgan fingerprint density at radius 1 is 1.05 bits per heavy atom. The van der Waals surface area contributed by atoms with Gasteiger partial charge in [-0.15, -0.1) is 0 Å². The van der Waals surface area contributed by atoms with Crippen molar-refractivity contribution in [1.29, 1.82) is 0 Å². The van der Waals surface area contributed by atoms with Gasteiger partial charge in [0.05, 0.1) is 0 Å². The van der Waals surface area contributed by atoms with Gasteiger partial charge in [-0.3, -0.25) is 0 Å². The average Bonchev–Trinajstić information content (AvgIpc) is 2.44. The molecule has 3 nitrogen and oxygen atoms in total. The summed E-state index contributed by atoms with van der Waals surface area (Å²) in [4.78, 5) is 0. The van der Waals surface area contributed by atoms with Crippen LogP contribution in [0.25, 0.3) is 10.8 Å². The van der Waals surface area contributed by atoms with Crippen LogP contribution in [-0.2, 0) is 0 Å². The molecule has 0 heterocycles. The number of rotatable bonds is 7. The van der Waals surface area contributed by atoms with Crippen molar-refractivity contribution in [2.45, 2.75) is 20.0 Å². The van der Waals surface area contributed by atoms with E-state index in [0.29, 0.717) is 19.1 Å². The summed E-state index contributed by atoms with van der Waals surface area (Å²) in [5, 5.41) is 15.4. The van der Waals surface area contributed by atoms with Crippen molar-refractivity contribution in [2.24, 2.45) is 5.92 Å². The molecular weight excluding hydrogens is 250 g/mol. The molecule has 0 saturated carbocycles. The molecule has 0 amide bonds. The second kappa shape index (κ2) is 7.27. The molecule has 0 aliphatic heterocycles. The van der Waals surface area contributed by atoms with E-state index in [2.05, 4.69) is 31.3 Å². The zero-order chi connectivity index (χ0) is 14.4. The van der Waals surface area contributed by atoms with Crippen LogP contribution in [0.3, 0.4) is 0 Å². The first-order chi connectivity index (χ1) is 9.65. The van der Waals surface area contributed by atoms with Crippen molar-refractivity contribution >= 4 is 10.8 Å². The summed E-state index contributed by atoms with van der Waals surface area (Å²) >= 11 is 0. The number of aliphatic hydroxyl groups is 1. The van der Waals surface area contributed by atoms with Crippen molar-refractivity contribution in [2.75, 3.05) is 19.7 Å². The van der Waals surface area contributed by atoms with Crippen LogP contribution in [0.5, 0.6) is 5.75 Å². The predicted molar refractivity (Wildman–Crippen MR) is 83.2 cm³/mol. The summed E-state index contributed by atoms with van der Waals surface area (Å²) in [6.45, 7) is 6.07. The number of hydrogen-bond donors (Lipinski definition) is 2. The van der Waals surface area contributed by atoms with E-state index in [1.54, 1.807) is 0 Å². The van der Waals surface area contributed by atoms with Gasteiger partial charge in [0.2, 0.25) is 0 Å². The van der Waals surface area contributed by atoms with Crippen LogP contribution in [-0.4, -0.2) is 30.9 Å². The van der Waals surface area contributed by atoms with E-state index >= 15 is 0 Å². The quantitative estimate of drug-likeness (QED) is 0.815. The lowest BCUT2D eigenvalue weighted by molar-refractivity contribution is 0.106. The Balaban J connectivity index is 1.83. The molecular formula is C17H23NO2. The van der Waals surface area contributed by atoms with Gasteiger partial charge >= 0.3 is 0 Å². The summed E-state index contributed by atoms with van der Waals surface area (Å²) in [6.07, 6.45) is -0.486. The van der Waals surface area contributed by atoms with Crippen LogP contribution >= 0.6 is 0 Å². The van der Waals surface area contributed by atoms with Crippen molar-refractivity contribution < 1.29 is 9.84 Å². The van der Waals surface area contributed by atoms with Crippen LogP contribution in [0, 0.1) is 5.92 Å². The molecule has 0 spiro atoms. The highest BCUT2D eigenvalue weighted by molar-refractivity contribution is 5.83. The maximum Gasteiger partial charge on any atom is 0.120 e. The van der Waals surface area contributed by atoms with Crippen molar-refractivity contribution in [3.05, 3.63) is 42.5 Å². The van der Waals surface area contributed by atoms with Crippen molar-refractivity contribution in [3.63, 3.8) is 0 Å². The van der Waals surface area contributed by atoms with Gasteiger partial charge in [0.1, 0.15) is 18.5 Å². The highest BCUT2D eigenvalue weighted by atomic mass is 16.5. The van der Waals surface area contributed by atoms with Gasteiger partial charge in [0, 0.05) is 6.54 Å². The first kappa shape index (κ1) is 14.8. The number of hydrogen-bond acceptors (Lipinski definition) is 3. The first-order valence-electron chi connectivity index (χ1n) is 7.15. The number of nitrogens with one attached hydrogen (secondary N) is 1. The average molecular weight is 273 g/mol. The maximum absolute atomic E-state index is 9.85. The van der Waals surface area contributed by atoms with Gasteiger partial charge in [0.15, 0.2) is 0 Å². The fourth-order valence-electron chi connectivity index (χ4n) is 2.05. The molecule has 0 bridgehead atoms. The zero-order valence-corrected chi connectivity index (χ0v) is 12.2. The molecule has 2 aromatic carbocycles. The lowest BCUT2D eigenvalue weighted by Crippen LogP contribution is -2.33. The van der Waals surface area contributed by atoms with E-state index in [4.69, 9.17) is 4.74 Å². The third-order valence-electron chi connectivity index (χ3n) is 3.10. The van der Waals surface area contributed by atoms with E-state index in [-0.39, 0.29) is 0 Å². The largest absolute Gasteiger partial charge is 0.491 e. The molecule has 0 aliphatic rings. The van der Waals surface area contributed by atoms with Gasteiger partial charge < -0.3 is 15.2 Å². The van der Waals surface area contributed by atoms with Crippen LogP contribution in [0.1, 0.15) is 13.8 Å². The fourth-order valence-corrected chi connectivity index (χ4v) is 2.05. The molecule has 0 saturated heterocycles. The molecule has 3 heteroatoms. The maximum atomic E-state index is 9.85. The molecule has 2 N–H and O–H groups in total. The summed E-state index contributed by atoms with van der Waals surface area (Å²) in [5.41, 5.74) is 0. The van der Waals surface area contributed by atoms with Gasteiger partial charge in [0.25, 0.3) is 0 Å². The summed E-state index contributed by atoms with van der Waals surface area (Å²) in [7, 11) is 0. The number of fused-ring (bicyclic) bond motifs is 1. The van der Waals surface area contributed by atoms with Gasteiger partial charge in [-0.1, -0.05) is 44.2 Å². The Bertz CT molecular complexity index is 539. The topological polar surface area (TPSA) is 41.5 Å². The molecule has 108 valence electrons. The highest BCUT2D eigenvalue weighted by Crippen LogP contribution is 2.20. The third-order valence-corrected chi connectivity index (χ3v) is 3.10. The summed E-state index contributed by atoms with van der Waals surface area (Å²) in [6, 6.07) is 14.1. The monoisotopic (exact) mass is 273 g/mol. The van der Waals surface area contributed by atoms with Crippen LogP contribution in [0.4, 0.5) is 0 Å². The highest BCUT2D eigenvalue weighted by Gasteiger charge is 2.05. The summed E-state index contributed by atoms with van der Waals surface area (Å²) < 4.78 is 5.64. The van der Waals surface area contributed by atoms with Gasteiger partial charge in [-0.05, 0) is 35.4 Å². The second-order valence-electron chi connectivity index (χ2n) is 5.53. The molecule has 0 radical (unpaired) electrons. The lowest BCUT2D eigenvalue weighted by atomic mass is 10.1. The Morgan fingerprint density at radius 3 is 2.55 bits per heavy atom. The molecule has 0 aromatic heterocycles. The molecule has 0 aliphatic carbocycles. The molecule has 1 atom stereocenters. The molecule has 0 unspecified atom stereocenters. The second-order valence-corrected chi connectivity index (χ2v) is 5.53. The van der Waals surface area contributed by atoms with E-state index in [0.717, 1.165) is 17.7 Å².